The van der Waals surface area contributed by atoms with Crippen LogP contribution < -0.4 is 20.7 Å². The summed E-state index contributed by atoms with van der Waals surface area (Å²) in [5.41, 5.74) is 3.50. The molecule has 3 N–H and O–H groups in total. The lowest BCUT2D eigenvalue weighted by Gasteiger charge is -2.19. The van der Waals surface area contributed by atoms with Crippen LogP contribution in [0.15, 0.2) is 60.0 Å². The summed E-state index contributed by atoms with van der Waals surface area (Å²) in [7, 11) is 1.24. The number of nitrogens with one attached hydrogen (secondary N) is 3. The molecule has 51 heavy (non-hydrogen) atoms. The van der Waals surface area contributed by atoms with Gasteiger partial charge in [-0.05, 0) is 99.0 Å². The summed E-state index contributed by atoms with van der Waals surface area (Å²) in [6.07, 6.45) is 0.954. The summed E-state index contributed by atoms with van der Waals surface area (Å²) in [6.45, 7) is 12.1. The molecule has 0 saturated carbocycles. The maximum atomic E-state index is 14.2. The number of carbonyl (C=O) groups excluding carboxylic acids is 4. The summed E-state index contributed by atoms with van der Waals surface area (Å²) in [4.78, 5) is 58.1. The molecular formula is C39H44N4O7S. The van der Waals surface area contributed by atoms with Crippen LogP contribution >= 0.6 is 11.3 Å². The molecule has 12 heteroatoms. The number of rotatable bonds is 10. The summed E-state index contributed by atoms with van der Waals surface area (Å²) in [6, 6.07) is 15.7. The van der Waals surface area contributed by atoms with Gasteiger partial charge in [-0.1, -0.05) is 26.0 Å². The molecule has 0 spiro atoms. The van der Waals surface area contributed by atoms with E-state index in [1.54, 1.807) is 74.6 Å². The number of methoxy groups -OCH3 is 1. The predicted molar refractivity (Wildman–Crippen MR) is 197 cm³/mol. The number of fused-ring (bicyclic) bond motifs is 3. The van der Waals surface area contributed by atoms with Crippen LogP contribution in [0, 0.1) is 5.92 Å². The monoisotopic (exact) mass is 712 g/mol. The number of nitrogens with zero attached hydrogens (tertiary/aromatic N) is 1. The van der Waals surface area contributed by atoms with E-state index in [2.05, 4.69) is 40.8 Å². The van der Waals surface area contributed by atoms with E-state index in [4.69, 9.17) is 14.2 Å². The molecule has 1 aliphatic rings. The minimum atomic E-state index is -0.756. The van der Waals surface area contributed by atoms with E-state index >= 15 is 0 Å². The average Bonchev–Trinajstić information content (AvgIpc) is 3.47. The molecule has 0 bridgehead atoms. The lowest BCUT2D eigenvalue weighted by Crippen LogP contribution is -2.34. The van der Waals surface area contributed by atoms with Crippen molar-refractivity contribution in [2.45, 2.75) is 72.6 Å². The number of esters is 1. The molecule has 3 heterocycles. The fourth-order valence-corrected chi connectivity index (χ4v) is 6.82. The molecule has 2 aromatic carbocycles. The maximum absolute atomic E-state index is 14.2. The molecular weight excluding hydrogens is 669 g/mol. The fourth-order valence-electron chi connectivity index (χ4n) is 5.84. The van der Waals surface area contributed by atoms with E-state index in [0.29, 0.717) is 41.5 Å². The first-order valence-electron chi connectivity index (χ1n) is 16.9. The normalized spacial score (nSPS) is 12.8. The van der Waals surface area contributed by atoms with Gasteiger partial charge in [0.2, 0.25) is 0 Å². The van der Waals surface area contributed by atoms with Crippen molar-refractivity contribution in [1.82, 2.24) is 15.6 Å². The third kappa shape index (κ3) is 9.31. The van der Waals surface area contributed by atoms with Crippen molar-refractivity contribution in [3.63, 3.8) is 0 Å². The second kappa shape index (κ2) is 15.8. The number of carbonyl (C=O) groups is 4. The SMILES string of the molecule is COC(=O)c1nc(C(=O)NC(C)CC(C)C)ccc1-c1cc2c(cc1C(=O)Nc1ccc(CNC(=O)OC(C)(C)C)cc1)-c1sccc1CCO2. The second-order valence-electron chi connectivity index (χ2n) is 13.9. The van der Waals surface area contributed by atoms with Gasteiger partial charge in [0.25, 0.3) is 11.8 Å². The molecule has 4 aromatic rings. The van der Waals surface area contributed by atoms with Crippen LogP contribution in [0.5, 0.6) is 5.75 Å². The van der Waals surface area contributed by atoms with Gasteiger partial charge in [0.05, 0.1) is 13.7 Å². The van der Waals surface area contributed by atoms with Crippen LogP contribution in [-0.2, 0) is 22.4 Å². The van der Waals surface area contributed by atoms with E-state index in [1.807, 2.05) is 12.3 Å². The van der Waals surface area contributed by atoms with Crippen molar-refractivity contribution in [3.05, 3.63) is 88.1 Å². The van der Waals surface area contributed by atoms with Crippen molar-refractivity contribution in [1.29, 1.82) is 0 Å². The number of aromatic nitrogens is 1. The third-order valence-electron chi connectivity index (χ3n) is 8.03. The Morgan fingerprint density at radius 3 is 2.37 bits per heavy atom. The number of benzene rings is 2. The summed E-state index contributed by atoms with van der Waals surface area (Å²) in [5.74, 6) is -0.670. The molecule has 2 aromatic heterocycles. The van der Waals surface area contributed by atoms with Crippen molar-refractivity contribution in [2.24, 2.45) is 5.92 Å². The van der Waals surface area contributed by atoms with Gasteiger partial charge in [-0.25, -0.2) is 14.6 Å². The van der Waals surface area contributed by atoms with E-state index < -0.39 is 29.5 Å². The molecule has 0 aliphatic carbocycles. The Morgan fingerprint density at radius 2 is 1.69 bits per heavy atom. The Hall–Kier alpha value is -5.23. The minimum absolute atomic E-state index is 0.0521. The van der Waals surface area contributed by atoms with Crippen LogP contribution in [-0.4, -0.2) is 54.2 Å². The summed E-state index contributed by atoms with van der Waals surface area (Å²) < 4.78 is 16.6. The molecule has 11 nitrogen and oxygen atoms in total. The highest BCUT2D eigenvalue weighted by Crippen LogP contribution is 2.43. The molecule has 1 unspecified atom stereocenters. The smallest absolute Gasteiger partial charge is 0.407 e. The molecule has 0 saturated heterocycles. The largest absolute Gasteiger partial charge is 0.493 e. The number of hydrogen-bond donors (Lipinski definition) is 3. The molecule has 1 atom stereocenters. The predicted octanol–water partition coefficient (Wildman–Crippen LogP) is 7.64. The van der Waals surface area contributed by atoms with Crippen LogP contribution in [0.3, 0.4) is 0 Å². The molecule has 1 aliphatic heterocycles. The Morgan fingerprint density at radius 1 is 0.941 bits per heavy atom. The Labute approximate surface area is 302 Å². The maximum Gasteiger partial charge on any atom is 0.407 e. The van der Waals surface area contributed by atoms with Gasteiger partial charge in [-0.15, -0.1) is 11.3 Å². The number of anilines is 1. The zero-order valence-corrected chi connectivity index (χ0v) is 30.8. The lowest BCUT2D eigenvalue weighted by atomic mass is 9.93. The average molecular weight is 713 g/mol. The number of pyridine rings is 1. The topological polar surface area (TPSA) is 145 Å². The Bertz CT molecular complexity index is 1930. The highest BCUT2D eigenvalue weighted by atomic mass is 32.1. The van der Waals surface area contributed by atoms with Gasteiger partial charge in [-0.2, -0.15) is 0 Å². The van der Waals surface area contributed by atoms with Gasteiger partial charge in [0.1, 0.15) is 17.0 Å². The number of alkyl carbamates (subject to hydrolysis) is 1. The van der Waals surface area contributed by atoms with E-state index in [-0.39, 0.29) is 29.5 Å². The lowest BCUT2D eigenvalue weighted by molar-refractivity contribution is 0.0522. The molecule has 3 amide bonds. The highest BCUT2D eigenvalue weighted by molar-refractivity contribution is 7.13. The van der Waals surface area contributed by atoms with Gasteiger partial charge >= 0.3 is 12.1 Å². The van der Waals surface area contributed by atoms with Crippen LogP contribution in [0.2, 0.25) is 0 Å². The molecule has 0 fully saturated rings. The number of ether oxygens (including phenoxy) is 3. The van der Waals surface area contributed by atoms with Crippen LogP contribution in [0.25, 0.3) is 21.6 Å². The summed E-state index contributed by atoms with van der Waals surface area (Å²) in [5, 5.41) is 10.7. The highest BCUT2D eigenvalue weighted by Gasteiger charge is 2.27. The van der Waals surface area contributed by atoms with Gasteiger partial charge in [0.15, 0.2) is 5.69 Å². The Kier molecular flexibility index (Phi) is 11.4. The standard InChI is InChI=1S/C39H44N4O7S/c1-22(2)18-23(3)41-36(45)31-13-12-27(33(43-31)37(46)48-7)28-20-32-30(34-25(14-16-49-32)15-17-51-34)19-29(28)35(44)42-26-10-8-24(9-11-26)21-40-38(47)50-39(4,5)6/h8-13,15,17,19-20,22-23H,14,16,18,21H2,1-7H3,(H,40,47)(H,41,45)(H,42,44). The van der Waals surface area contributed by atoms with E-state index in [9.17, 15) is 19.2 Å². The van der Waals surface area contributed by atoms with Crippen molar-refractivity contribution >= 4 is 40.9 Å². The van der Waals surface area contributed by atoms with Gasteiger partial charge in [0, 0.05) is 51.8 Å². The summed E-state index contributed by atoms with van der Waals surface area (Å²) >= 11 is 1.56. The second-order valence-corrected chi connectivity index (χ2v) is 14.8. The van der Waals surface area contributed by atoms with Crippen LogP contribution in [0.1, 0.15) is 90.4 Å². The van der Waals surface area contributed by atoms with E-state index in [0.717, 1.165) is 28.0 Å². The zero-order valence-electron chi connectivity index (χ0n) is 30.0. The first kappa shape index (κ1) is 37.0. The van der Waals surface area contributed by atoms with Gasteiger partial charge in [-0.3, -0.25) is 9.59 Å². The first-order chi connectivity index (χ1) is 24.2. The number of amides is 3. The van der Waals surface area contributed by atoms with Crippen molar-refractivity contribution in [3.8, 4) is 27.3 Å². The first-order valence-corrected chi connectivity index (χ1v) is 17.8. The molecule has 0 radical (unpaired) electrons. The molecule has 268 valence electrons. The third-order valence-corrected chi connectivity index (χ3v) is 9.02. The van der Waals surface area contributed by atoms with E-state index in [1.165, 1.54) is 13.2 Å². The number of thiophene rings is 1. The number of hydrogen-bond acceptors (Lipinski definition) is 9. The zero-order chi connectivity index (χ0) is 36.9. The quantitative estimate of drug-likeness (QED) is 0.142. The van der Waals surface area contributed by atoms with Crippen molar-refractivity contribution < 1.29 is 33.4 Å². The Balaban J connectivity index is 1.51. The van der Waals surface area contributed by atoms with Gasteiger partial charge < -0.3 is 30.2 Å². The fraction of sp³-hybridized carbons (Fsp3) is 0.359. The minimum Gasteiger partial charge on any atom is -0.493 e. The van der Waals surface area contributed by atoms with Crippen LogP contribution in [0.4, 0.5) is 10.5 Å². The van der Waals surface area contributed by atoms with Crippen molar-refractivity contribution in [2.75, 3.05) is 19.0 Å². The molecule has 5 rings (SSSR count).